The van der Waals surface area contributed by atoms with Gasteiger partial charge >= 0.3 is 0 Å². The summed E-state index contributed by atoms with van der Waals surface area (Å²) >= 11 is 0. The molecule has 1 rings (SSSR count). The molecule has 0 bridgehead atoms. The Kier molecular flexibility index (Phi) is 4.68. The number of hydrogen-bond donors (Lipinski definition) is 3. The second kappa shape index (κ2) is 5.83. The average Bonchev–Trinajstić information content (AvgIpc) is 2.84. The highest BCUT2D eigenvalue weighted by Gasteiger charge is 2.25. The predicted molar refractivity (Wildman–Crippen MR) is 65.8 cm³/mol. The standard InChI is InChI=1S/C9H17N5O3S/c1-3-8-11-5-9(12-8)18(16,17)14(4-2)6-7(10)13-15/h5,15H,3-4,6H2,1-2H3,(H2,10,13)(H,11,12). The summed E-state index contributed by atoms with van der Waals surface area (Å²) in [6.45, 7) is 3.57. The minimum absolute atomic E-state index is 0.00643. The number of aromatic amines is 1. The Labute approximate surface area is 106 Å². The monoisotopic (exact) mass is 275 g/mol. The van der Waals surface area contributed by atoms with Crippen molar-refractivity contribution in [3.8, 4) is 0 Å². The number of nitrogens with two attached hydrogens (primary N) is 1. The van der Waals surface area contributed by atoms with Crippen LogP contribution in [0.5, 0.6) is 0 Å². The van der Waals surface area contributed by atoms with Crippen LogP contribution in [-0.2, 0) is 16.4 Å². The normalized spacial score (nSPS) is 13.2. The molecular weight excluding hydrogens is 258 g/mol. The van der Waals surface area contributed by atoms with Gasteiger partial charge in [-0.05, 0) is 0 Å². The number of aromatic nitrogens is 2. The highest BCUT2D eigenvalue weighted by Crippen LogP contribution is 2.13. The quantitative estimate of drug-likeness (QED) is 0.285. The van der Waals surface area contributed by atoms with Crippen LogP contribution in [0.25, 0.3) is 0 Å². The molecule has 102 valence electrons. The van der Waals surface area contributed by atoms with Crippen molar-refractivity contribution in [3.63, 3.8) is 0 Å². The highest BCUT2D eigenvalue weighted by molar-refractivity contribution is 7.89. The van der Waals surface area contributed by atoms with Crippen molar-refractivity contribution in [2.75, 3.05) is 13.1 Å². The Balaban J connectivity index is 3.03. The summed E-state index contributed by atoms with van der Waals surface area (Å²) in [6.07, 6.45) is 1.88. The van der Waals surface area contributed by atoms with Gasteiger partial charge in [-0.1, -0.05) is 19.0 Å². The molecule has 0 spiro atoms. The number of imidazole rings is 1. The van der Waals surface area contributed by atoms with Gasteiger partial charge in [0.15, 0.2) is 10.9 Å². The number of aryl methyl sites for hydroxylation is 1. The van der Waals surface area contributed by atoms with E-state index in [1.165, 1.54) is 6.20 Å². The van der Waals surface area contributed by atoms with Crippen molar-refractivity contribution in [1.29, 1.82) is 0 Å². The van der Waals surface area contributed by atoms with E-state index in [1.54, 1.807) is 6.92 Å². The molecule has 0 atom stereocenters. The average molecular weight is 275 g/mol. The molecule has 0 saturated carbocycles. The molecule has 18 heavy (non-hydrogen) atoms. The van der Waals surface area contributed by atoms with E-state index in [-0.39, 0.29) is 24.0 Å². The minimum atomic E-state index is -3.70. The van der Waals surface area contributed by atoms with E-state index in [0.29, 0.717) is 12.2 Å². The lowest BCUT2D eigenvalue weighted by molar-refractivity contribution is 0.315. The minimum Gasteiger partial charge on any atom is -0.409 e. The number of rotatable bonds is 6. The summed E-state index contributed by atoms with van der Waals surface area (Å²) in [5.41, 5.74) is 5.32. The molecule has 0 aliphatic carbocycles. The molecule has 0 saturated heterocycles. The second-order valence-corrected chi connectivity index (χ2v) is 5.48. The summed E-state index contributed by atoms with van der Waals surface area (Å²) in [5, 5.41) is 11.3. The van der Waals surface area contributed by atoms with Gasteiger partial charge < -0.3 is 15.9 Å². The van der Waals surface area contributed by atoms with Gasteiger partial charge in [-0.3, -0.25) is 0 Å². The molecule has 0 amide bonds. The number of oxime groups is 1. The predicted octanol–water partition coefficient (Wildman–Crippen LogP) is -0.271. The van der Waals surface area contributed by atoms with E-state index in [2.05, 4.69) is 15.1 Å². The maximum Gasteiger partial charge on any atom is 0.260 e. The van der Waals surface area contributed by atoms with Crippen molar-refractivity contribution in [3.05, 3.63) is 12.0 Å². The van der Waals surface area contributed by atoms with Gasteiger partial charge in [0.05, 0.1) is 12.7 Å². The topological polar surface area (TPSA) is 125 Å². The highest BCUT2D eigenvalue weighted by atomic mass is 32.2. The fourth-order valence-corrected chi connectivity index (χ4v) is 2.73. The van der Waals surface area contributed by atoms with E-state index in [0.717, 1.165) is 4.31 Å². The molecule has 1 aromatic heterocycles. The smallest absolute Gasteiger partial charge is 0.260 e. The molecule has 0 aliphatic rings. The van der Waals surface area contributed by atoms with Gasteiger partial charge in [0.2, 0.25) is 0 Å². The molecule has 0 radical (unpaired) electrons. The van der Waals surface area contributed by atoms with E-state index in [9.17, 15) is 8.42 Å². The number of hydrogen-bond acceptors (Lipinski definition) is 5. The molecule has 0 aliphatic heterocycles. The molecule has 0 fully saturated rings. The first kappa shape index (κ1) is 14.5. The van der Waals surface area contributed by atoms with Crippen LogP contribution in [0.3, 0.4) is 0 Å². The van der Waals surface area contributed by atoms with E-state index in [4.69, 9.17) is 10.9 Å². The molecule has 0 unspecified atom stereocenters. The van der Waals surface area contributed by atoms with Crippen LogP contribution in [0.2, 0.25) is 0 Å². The van der Waals surface area contributed by atoms with Crippen molar-refractivity contribution in [2.45, 2.75) is 25.3 Å². The number of likely N-dealkylation sites (N-methyl/N-ethyl adjacent to an activating group) is 1. The van der Waals surface area contributed by atoms with Crippen LogP contribution < -0.4 is 5.73 Å². The number of H-pyrrole nitrogens is 1. The Morgan fingerprint density at radius 3 is 2.72 bits per heavy atom. The van der Waals surface area contributed by atoms with Gasteiger partial charge in [-0.15, -0.1) is 0 Å². The third-order valence-electron chi connectivity index (χ3n) is 2.38. The molecule has 8 nitrogen and oxygen atoms in total. The zero-order valence-electron chi connectivity index (χ0n) is 10.3. The molecule has 0 aromatic carbocycles. The summed E-state index contributed by atoms with van der Waals surface area (Å²) in [6, 6.07) is 0. The van der Waals surface area contributed by atoms with E-state index < -0.39 is 10.0 Å². The molecule has 1 aromatic rings. The molecule has 1 heterocycles. The lowest BCUT2D eigenvalue weighted by atomic mass is 10.5. The van der Waals surface area contributed by atoms with Crippen LogP contribution >= 0.6 is 0 Å². The van der Waals surface area contributed by atoms with Gasteiger partial charge in [0.25, 0.3) is 10.0 Å². The number of nitrogens with zero attached hydrogens (tertiary/aromatic N) is 3. The lowest BCUT2D eigenvalue weighted by Crippen LogP contribution is -2.38. The van der Waals surface area contributed by atoms with Crippen LogP contribution in [-0.4, -0.2) is 46.8 Å². The Hall–Kier alpha value is -1.61. The first-order valence-electron chi connectivity index (χ1n) is 5.46. The SMILES string of the molecule is CCc1ncc(S(=O)(=O)N(CC)C/C(N)=N/O)[nH]1. The van der Waals surface area contributed by atoms with Gasteiger partial charge in [-0.2, -0.15) is 4.31 Å². The van der Waals surface area contributed by atoms with Crippen molar-refractivity contribution in [1.82, 2.24) is 14.3 Å². The summed E-state index contributed by atoms with van der Waals surface area (Å²) in [4.78, 5) is 6.67. The van der Waals surface area contributed by atoms with E-state index >= 15 is 0 Å². The third-order valence-corrected chi connectivity index (χ3v) is 4.21. The largest absolute Gasteiger partial charge is 0.409 e. The zero-order chi connectivity index (χ0) is 13.8. The lowest BCUT2D eigenvalue weighted by Gasteiger charge is -2.18. The van der Waals surface area contributed by atoms with Crippen LogP contribution in [0, 0.1) is 0 Å². The number of amidine groups is 1. The number of sulfonamides is 1. The fourth-order valence-electron chi connectivity index (χ4n) is 1.37. The Morgan fingerprint density at radius 2 is 2.28 bits per heavy atom. The first-order valence-corrected chi connectivity index (χ1v) is 6.90. The number of nitrogens with one attached hydrogen (secondary N) is 1. The fraction of sp³-hybridized carbons (Fsp3) is 0.556. The Morgan fingerprint density at radius 1 is 1.61 bits per heavy atom. The summed E-state index contributed by atoms with van der Waals surface area (Å²) in [7, 11) is -3.70. The van der Waals surface area contributed by atoms with Gasteiger partial charge in [0.1, 0.15) is 5.82 Å². The maximum atomic E-state index is 12.2. The van der Waals surface area contributed by atoms with Crippen LogP contribution in [0.15, 0.2) is 16.4 Å². The summed E-state index contributed by atoms with van der Waals surface area (Å²) < 4.78 is 25.5. The molecular formula is C9H17N5O3S. The van der Waals surface area contributed by atoms with Crippen LogP contribution in [0.4, 0.5) is 0 Å². The zero-order valence-corrected chi connectivity index (χ0v) is 11.1. The van der Waals surface area contributed by atoms with E-state index in [1.807, 2.05) is 6.92 Å². The van der Waals surface area contributed by atoms with Crippen molar-refractivity contribution in [2.24, 2.45) is 10.9 Å². The second-order valence-electron chi connectivity index (χ2n) is 3.57. The van der Waals surface area contributed by atoms with Crippen LogP contribution in [0.1, 0.15) is 19.7 Å². The first-order chi connectivity index (χ1) is 8.45. The molecule has 4 N–H and O–H groups in total. The molecule has 9 heteroatoms. The third kappa shape index (κ3) is 2.99. The van der Waals surface area contributed by atoms with Crippen molar-refractivity contribution >= 4 is 15.9 Å². The van der Waals surface area contributed by atoms with Crippen molar-refractivity contribution < 1.29 is 13.6 Å². The Bertz CT molecular complexity index is 522. The maximum absolute atomic E-state index is 12.2. The van der Waals surface area contributed by atoms with Gasteiger partial charge in [0, 0.05) is 13.0 Å². The van der Waals surface area contributed by atoms with Gasteiger partial charge in [-0.25, -0.2) is 13.4 Å². The summed E-state index contributed by atoms with van der Waals surface area (Å²) in [5.74, 6) is 0.420.